The van der Waals surface area contributed by atoms with Crippen molar-refractivity contribution in [3.05, 3.63) is 83.7 Å². The Morgan fingerprint density at radius 2 is 1.69 bits per heavy atom. The number of amides is 2. The molecule has 144 valence electrons. The minimum atomic E-state index is -1.15. The lowest BCUT2D eigenvalue weighted by Crippen LogP contribution is -2.47. The lowest BCUT2D eigenvalue weighted by atomic mass is 10.0. The van der Waals surface area contributed by atoms with Crippen LogP contribution in [0.3, 0.4) is 0 Å². The van der Waals surface area contributed by atoms with Crippen molar-refractivity contribution in [3.8, 4) is 11.8 Å². The molecule has 29 heavy (non-hydrogen) atoms. The zero-order valence-electron chi connectivity index (χ0n) is 15.3. The number of para-hydroxylation sites is 1. The Morgan fingerprint density at radius 1 is 1.07 bits per heavy atom. The number of carbonyl (C=O) groups excluding carboxylic acids is 3. The number of carbonyl (C=O) groups is 3. The number of hydrogen-bond donors (Lipinski definition) is 2. The van der Waals surface area contributed by atoms with Crippen LogP contribution in [-0.4, -0.2) is 33.4 Å². The number of nitriles is 1. The van der Waals surface area contributed by atoms with Gasteiger partial charge in [-0.05, 0) is 17.7 Å². The molecule has 0 spiro atoms. The molecule has 0 aliphatic carbocycles. The van der Waals surface area contributed by atoms with Gasteiger partial charge in [-0.3, -0.25) is 14.4 Å². The molecule has 2 aromatic carbocycles. The van der Waals surface area contributed by atoms with E-state index in [4.69, 9.17) is 11.0 Å². The first-order valence-electron chi connectivity index (χ1n) is 8.73. The van der Waals surface area contributed by atoms with E-state index in [0.717, 1.165) is 5.56 Å². The van der Waals surface area contributed by atoms with Gasteiger partial charge in [0, 0.05) is 12.5 Å². The second-order valence-corrected chi connectivity index (χ2v) is 6.22. The van der Waals surface area contributed by atoms with Gasteiger partial charge in [-0.2, -0.15) is 10.4 Å². The van der Waals surface area contributed by atoms with E-state index in [1.54, 1.807) is 54.6 Å². The number of benzene rings is 2. The highest BCUT2D eigenvalue weighted by Crippen LogP contribution is 2.13. The van der Waals surface area contributed by atoms with E-state index in [2.05, 4.69) is 10.4 Å². The molecule has 1 heterocycles. The number of rotatable bonds is 7. The summed E-state index contributed by atoms with van der Waals surface area (Å²) in [7, 11) is 0. The summed E-state index contributed by atoms with van der Waals surface area (Å²) in [5.41, 5.74) is 6.57. The van der Waals surface area contributed by atoms with Crippen molar-refractivity contribution in [3.63, 3.8) is 0 Å². The van der Waals surface area contributed by atoms with Crippen LogP contribution in [0, 0.1) is 11.3 Å². The van der Waals surface area contributed by atoms with E-state index in [1.807, 2.05) is 12.1 Å². The van der Waals surface area contributed by atoms with E-state index in [1.165, 1.54) is 10.7 Å². The summed E-state index contributed by atoms with van der Waals surface area (Å²) in [6, 6.07) is 19.8. The largest absolute Gasteiger partial charge is 0.363 e. The van der Waals surface area contributed by atoms with Crippen molar-refractivity contribution >= 4 is 17.6 Å². The summed E-state index contributed by atoms with van der Waals surface area (Å²) in [5.74, 6) is -2.70. The van der Waals surface area contributed by atoms with Gasteiger partial charge < -0.3 is 11.1 Å². The van der Waals surface area contributed by atoms with Crippen LogP contribution >= 0.6 is 0 Å². The van der Waals surface area contributed by atoms with E-state index in [-0.39, 0.29) is 17.8 Å². The highest BCUT2D eigenvalue weighted by molar-refractivity contribution is 6.38. The fourth-order valence-electron chi connectivity index (χ4n) is 2.83. The van der Waals surface area contributed by atoms with Crippen molar-refractivity contribution in [2.45, 2.75) is 12.5 Å². The monoisotopic (exact) mass is 387 g/mol. The molecule has 0 saturated heterocycles. The van der Waals surface area contributed by atoms with E-state index >= 15 is 0 Å². The average Bonchev–Trinajstić information content (AvgIpc) is 3.19. The predicted molar refractivity (Wildman–Crippen MR) is 104 cm³/mol. The van der Waals surface area contributed by atoms with Crippen molar-refractivity contribution < 1.29 is 14.4 Å². The predicted octanol–water partition coefficient (Wildman–Crippen LogP) is 1.14. The fourth-order valence-corrected chi connectivity index (χ4v) is 2.83. The number of Topliss-reactive ketones (excluding diaryl/α,β-unsaturated/α-hetero) is 1. The Balaban J connectivity index is 1.92. The Bertz CT molecular complexity index is 1080. The quantitative estimate of drug-likeness (QED) is 0.587. The van der Waals surface area contributed by atoms with Crippen LogP contribution in [0.5, 0.6) is 0 Å². The molecular formula is C21H17N5O3. The van der Waals surface area contributed by atoms with Gasteiger partial charge in [-0.25, -0.2) is 4.68 Å². The van der Waals surface area contributed by atoms with Crippen LogP contribution in [0.15, 0.2) is 66.7 Å². The van der Waals surface area contributed by atoms with Gasteiger partial charge in [-0.1, -0.05) is 48.5 Å². The average molecular weight is 387 g/mol. The molecule has 0 saturated carbocycles. The number of nitrogens with zero attached hydrogens (tertiary/aromatic N) is 3. The third-order valence-electron chi connectivity index (χ3n) is 4.20. The molecule has 1 unspecified atom stereocenters. The Kier molecular flexibility index (Phi) is 5.80. The first-order chi connectivity index (χ1) is 14.0. The highest BCUT2D eigenvalue weighted by atomic mass is 16.2. The third kappa shape index (κ3) is 4.54. The van der Waals surface area contributed by atoms with Crippen LogP contribution in [0.4, 0.5) is 0 Å². The van der Waals surface area contributed by atoms with Crippen LogP contribution in [0.25, 0.3) is 5.69 Å². The number of aromatic nitrogens is 2. The SMILES string of the molecule is N#Cc1cc(C(=O)NC(Cc2ccccc2)C(=O)C(N)=O)n(-c2ccccc2)n1. The van der Waals surface area contributed by atoms with E-state index < -0.39 is 23.6 Å². The number of nitrogens with one attached hydrogen (secondary N) is 1. The van der Waals surface area contributed by atoms with Gasteiger partial charge in [0.1, 0.15) is 17.8 Å². The molecule has 8 heteroatoms. The molecule has 3 aromatic rings. The van der Waals surface area contributed by atoms with Crippen molar-refractivity contribution in [2.75, 3.05) is 0 Å². The highest BCUT2D eigenvalue weighted by Gasteiger charge is 2.27. The molecule has 1 atom stereocenters. The smallest absolute Gasteiger partial charge is 0.287 e. The zero-order chi connectivity index (χ0) is 20.8. The molecule has 0 aliphatic heterocycles. The molecule has 0 bridgehead atoms. The molecule has 2 amide bonds. The molecule has 3 N–H and O–H groups in total. The summed E-state index contributed by atoms with van der Waals surface area (Å²) in [6.45, 7) is 0. The summed E-state index contributed by atoms with van der Waals surface area (Å²) < 4.78 is 1.31. The lowest BCUT2D eigenvalue weighted by molar-refractivity contribution is -0.137. The summed E-state index contributed by atoms with van der Waals surface area (Å²) in [6.07, 6.45) is 0.0962. The lowest BCUT2D eigenvalue weighted by Gasteiger charge is -2.17. The van der Waals surface area contributed by atoms with Crippen molar-refractivity contribution in [1.82, 2.24) is 15.1 Å². The van der Waals surface area contributed by atoms with Crippen LogP contribution in [0.1, 0.15) is 21.7 Å². The standard InChI is InChI=1S/C21H17N5O3/c22-13-15-12-18(26(25-15)16-9-5-2-6-10-16)21(29)24-17(19(27)20(23)28)11-14-7-3-1-4-8-14/h1-10,12,17H,11H2,(H2,23,28)(H,24,29). The minimum Gasteiger partial charge on any atom is -0.363 e. The summed E-state index contributed by atoms with van der Waals surface area (Å²) in [5, 5.41) is 15.8. The maximum atomic E-state index is 12.9. The molecule has 3 rings (SSSR count). The topological polar surface area (TPSA) is 131 Å². The maximum absolute atomic E-state index is 12.9. The van der Waals surface area contributed by atoms with Crippen LogP contribution < -0.4 is 11.1 Å². The van der Waals surface area contributed by atoms with E-state index in [0.29, 0.717) is 5.69 Å². The van der Waals surface area contributed by atoms with Gasteiger partial charge in [0.2, 0.25) is 5.78 Å². The number of nitrogens with two attached hydrogens (primary N) is 1. The number of hydrogen-bond acceptors (Lipinski definition) is 5. The van der Waals surface area contributed by atoms with Gasteiger partial charge >= 0.3 is 0 Å². The Labute approximate surface area is 166 Å². The van der Waals surface area contributed by atoms with Crippen molar-refractivity contribution in [2.24, 2.45) is 5.73 Å². The second-order valence-electron chi connectivity index (χ2n) is 6.22. The van der Waals surface area contributed by atoms with Crippen LogP contribution in [0.2, 0.25) is 0 Å². The molecular weight excluding hydrogens is 370 g/mol. The Morgan fingerprint density at radius 3 is 2.28 bits per heavy atom. The van der Waals surface area contributed by atoms with Gasteiger partial charge in [0.05, 0.1) is 5.69 Å². The number of ketones is 1. The Hall–Kier alpha value is -4.25. The maximum Gasteiger partial charge on any atom is 0.287 e. The number of primary amides is 1. The van der Waals surface area contributed by atoms with Gasteiger partial charge in [0.25, 0.3) is 11.8 Å². The summed E-state index contributed by atoms with van der Waals surface area (Å²) in [4.78, 5) is 36.6. The minimum absolute atomic E-state index is 0.0415. The van der Waals surface area contributed by atoms with Crippen LogP contribution in [-0.2, 0) is 16.0 Å². The fraction of sp³-hybridized carbons (Fsp3) is 0.0952. The normalized spacial score (nSPS) is 11.3. The second kappa shape index (κ2) is 8.63. The van der Waals surface area contributed by atoms with Crippen molar-refractivity contribution in [1.29, 1.82) is 5.26 Å². The molecule has 0 fully saturated rings. The van der Waals surface area contributed by atoms with Gasteiger partial charge in [-0.15, -0.1) is 0 Å². The molecule has 8 nitrogen and oxygen atoms in total. The molecule has 0 radical (unpaired) electrons. The molecule has 1 aromatic heterocycles. The molecule has 0 aliphatic rings. The van der Waals surface area contributed by atoms with E-state index in [9.17, 15) is 14.4 Å². The summed E-state index contributed by atoms with van der Waals surface area (Å²) >= 11 is 0. The third-order valence-corrected chi connectivity index (χ3v) is 4.20. The first-order valence-corrected chi connectivity index (χ1v) is 8.73. The zero-order valence-corrected chi connectivity index (χ0v) is 15.3. The van der Waals surface area contributed by atoms with Gasteiger partial charge in [0.15, 0.2) is 5.69 Å². The first kappa shape index (κ1) is 19.5.